The van der Waals surface area contributed by atoms with E-state index >= 15 is 0 Å². The molecular formula is C16H28O4. The van der Waals surface area contributed by atoms with Crippen LogP contribution in [0.1, 0.15) is 47.5 Å². The summed E-state index contributed by atoms with van der Waals surface area (Å²) < 4.78 is 10.6. The van der Waals surface area contributed by atoms with E-state index in [0.29, 0.717) is 25.0 Å². The first-order valence-corrected chi connectivity index (χ1v) is 7.66. The average molecular weight is 284 g/mol. The van der Waals surface area contributed by atoms with Crippen molar-refractivity contribution in [2.75, 3.05) is 13.2 Å². The van der Waals surface area contributed by atoms with E-state index < -0.39 is 0 Å². The number of ether oxygens (including phenoxy) is 2. The summed E-state index contributed by atoms with van der Waals surface area (Å²) in [5.41, 5.74) is 0. The standard InChI is InChI=1S/C16H28O4/c1-10(2)8-19-15(17)13-7-6-12(5)14(13)16(18)20-9-11(3)4/h10-14H,6-9H2,1-5H3. The summed E-state index contributed by atoms with van der Waals surface area (Å²) in [7, 11) is 0. The van der Waals surface area contributed by atoms with Gasteiger partial charge >= 0.3 is 11.9 Å². The van der Waals surface area contributed by atoms with Gasteiger partial charge in [-0.25, -0.2) is 0 Å². The number of hydrogen-bond acceptors (Lipinski definition) is 4. The van der Waals surface area contributed by atoms with Gasteiger partial charge in [-0.3, -0.25) is 9.59 Å². The highest BCUT2D eigenvalue weighted by atomic mass is 16.5. The molecule has 0 bridgehead atoms. The fourth-order valence-corrected chi connectivity index (χ4v) is 2.56. The first-order chi connectivity index (χ1) is 9.32. The maximum atomic E-state index is 12.2. The molecular weight excluding hydrogens is 256 g/mol. The van der Waals surface area contributed by atoms with Gasteiger partial charge in [-0.15, -0.1) is 0 Å². The molecule has 3 unspecified atom stereocenters. The third kappa shape index (κ3) is 4.80. The van der Waals surface area contributed by atoms with Crippen LogP contribution >= 0.6 is 0 Å². The summed E-state index contributed by atoms with van der Waals surface area (Å²) in [5, 5.41) is 0. The minimum atomic E-state index is -0.339. The second-order valence-electron chi connectivity index (χ2n) is 6.73. The van der Waals surface area contributed by atoms with E-state index in [2.05, 4.69) is 0 Å². The van der Waals surface area contributed by atoms with Crippen molar-refractivity contribution < 1.29 is 19.1 Å². The normalized spacial score (nSPS) is 26.1. The predicted molar refractivity (Wildman–Crippen MR) is 77.0 cm³/mol. The molecule has 0 aromatic heterocycles. The molecule has 0 N–H and O–H groups in total. The first kappa shape index (κ1) is 17.0. The Labute approximate surface area is 122 Å². The zero-order chi connectivity index (χ0) is 15.3. The molecule has 0 amide bonds. The molecule has 0 aliphatic heterocycles. The summed E-state index contributed by atoms with van der Waals surface area (Å²) in [4.78, 5) is 24.3. The Morgan fingerprint density at radius 1 is 0.950 bits per heavy atom. The van der Waals surface area contributed by atoms with Crippen molar-refractivity contribution in [2.45, 2.75) is 47.5 Å². The molecule has 0 aromatic carbocycles. The van der Waals surface area contributed by atoms with Crippen molar-refractivity contribution >= 4 is 11.9 Å². The van der Waals surface area contributed by atoms with E-state index in [1.165, 1.54) is 0 Å². The minimum absolute atomic E-state index is 0.186. The summed E-state index contributed by atoms with van der Waals surface area (Å²) in [6, 6.07) is 0. The zero-order valence-corrected chi connectivity index (χ0v) is 13.3. The van der Waals surface area contributed by atoms with Crippen molar-refractivity contribution in [1.29, 1.82) is 0 Å². The molecule has 1 aliphatic rings. The number of esters is 2. The van der Waals surface area contributed by atoms with Gasteiger partial charge in [0, 0.05) is 0 Å². The molecule has 4 nitrogen and oxygen atoms in total. The van der Waals surface area contributed by atoms with Crippen LogP contribution in [0.25, 0.3) is 0 Å². The monoisotopic (exact) mass is 284 g/mol. The van der Waals surface area contributed by atoms with Gasteiger partial charge in [-0.1, -0.05) is 34.6 Å². The Kier molecular flexibility index (Phi) is 6.50. The number of carbonyl (C=O) groups is 2. The fourth-order valence-electron chi connectivity index (χ4n) is 2.56. The van der Waals surface area contributed by atoms with Crippen molar-refractivity contribution in [1.82, 2.24) is 0 Å². The minimum Gasteiger partial charge on any atom is -0.465 e. The zero-order valence-electron chi connectivity index (χ0n) is 13.3. The van der Waals surface area contributed by atoms with Gasteiger partial charge in [0.15, 0.2) is 0 Å². The van der Waals surface area contributed by atoms with Gasteiger partial charge in [-0.2, -0.15) is 0 Å². The molecule has 1 saturated carbocycles. The smallest absolute Gasteiger partial charge is 0.310 e. The van der Waals surface area contributed by atoms with Crippen LogP contribution in [0.5, 0.6) is 0 Å². The quantitative estimate of drug-likeness (QED) is 0.703. The molecule has 4 heteroatoms. The number of carbonyl (C=O) groups excluding carboxylic acids is 2. The molecule has 0 aromatic rings. The van der Waals surface area contributed by atoms with Crippen molar-refractivity contribution in [3.05, 3.63) is 0 Å². The van der Waals surface area contributed by atoms with E-state index in [9.17, 15) is 9.59 Å². The van der Waals surface area contributed by atoms with E-state index in [-0.39, 0.29) is 29.7 Å². The Bertz CT molecular complexity index is 335. The van der Waals surface area contributed by atoms with Crippen LogP contribution in [-0.4, -0.2) is 25.2 Å². The molecule has 1 rings (SSSR count). The molecule has 1 aliphatic carbocycles. The highest BCUT2D eigenvalue weighted by Gasteiger charge is 2.44. The van der Waals surface area contributed by atoms with Gasteiger partial charge < -0.3 is 9.47 Å². The lowest BCUT2D eigenvalue weighted by Gasteiger charge is -2.21. The van der Waals surface area contributed by atoms with Crippen LogP contribution in [0.4, 0.5) is 0 Å². The van der Waals surface area contributed by atoms with Gasteiger partial charge in [0.1, 0.15) is 0 Å². The van der Waals surface area contributed by atoms with Crippen LogP contribution in [-0.2, 0) is 19.1 Å². The molecule has 20 heavy (non-hydrogen) atoms. The molecule has 0 spiro atoms. The molecule has 116 valence electrons. The average Bonchev–Trinajstić information content (AvgIpc) is 2.75. The van der Waals surface area contributed by atoms with Crippen LogP contribution in [0, 0.1) is 29.6 Å². The fraction of sp³-hybridized carbons (Fsp3) is 0.875. The topological polar surface area (TPSA) is 52.6 Å². The van der Waals surface area contributed by atoms with Gasteiger partial charge in [0.2, 0.25) is 0 Å². The SMILES string of the molecule is CC(C)COC(=O)C1CCC(C)C1C(=O)OCC(C)C. The molecule has 1 fully saturated rings. The molecule has 0 saturated heterocycles. The Balaban J connectivity index is 2.60. The van der Waals surface area contributed by atoms with Gasteiger partial charge in [-0.05, 0) is 30.6 Å². The van der Waals surface area contributed by atoms with Crippen molar-refractivity contribution in [2.24, 2.45) is 29.6 Å². The van der Waals surface area contributed by atoms with Crippen LogP contribution in [0.15, 0.2) is 0 Å². The van der Waals surface area contributed by atoms with Crippen LogP contribution in [0.3, 0.4) is 0 Å². The maximum Gasteiger partial charge on any atom is 0.310 e. The lowest BCUT2D eigenvalue weighted by Crippen LogP contribution is -2.32. The maximum absolute atomic E-state index is 12.2. The molecule has 0 heterocycles. The summed E-state index contributed by atoms with van der Waals surface area (Å²) in [6.07, 6.45) is 1.60. The largest absolute Gasteiger partial charge is 0.465 e. The predicted octanol–water partition coefficient (Wildman–Crippen LogP) is 3.05. The molecule has 3 atom stereocenters. The summed E-state index contributed by atoms with van der Waals surface area (Å²) in [5.74, 6) is -0.348. The summed E-state index contributed by atoms with van der Waals surface area (Å²) in [6.45, 7) is 10.8. The van der Waals surface area contributed by atoms with Crippen LogP contribution in [0.2, 0.25) is 0 Å². The van der Waals surface area contributed by atoms with E-state index in [4.69, 9.17) is 9.47 Å². The third-order valence-corrected chi connectivity index (χ3v) is 3.67. The number of hydrogen-bond donors (Lipinski definition) is 0. The highest BCUT2D eigenvalue weighted by molar-refractivity contribution is 5.83. The highest BCUT2D eigenvalue weighted by Crippen LogP contribution is 2.38. The lowest BCUT2D eigenvalue weighted by molar-refractivity contribution is -0.161. The van der Waals surface area contributed by atoms with Crippen molar-refractivity contribution in [3.8, 4) is 0 Å². The lowest BCUT2D eigenvalue weighted by atomic mass is 9.90. The Hall–Kier alpha value is -1.06. The van der Waals surface area contributed by atoms with E-state index in [0.717, 1.165) is 12.8 Å². The number of rotatable bonds is 6. The van der Waals surface area contributed by atoms with Crippen molar-refractivity contribution in [3.63, 3.8) is 0 Å². The first-order valence-electron chi connectivity index (χ1n) is 7.66. The van der Waals surface area contributed by atoms with E-state index in [1.54, 1.807) is 0 Å². The Morgan fingerprint density at radius 3 is 1.95 bits per heavy atom. The van der Waals surface area contributed by atoms with Gasteiger partial charge in [0.05, 0.1) is 25.0 Å². The summed E-state index contributed by atoms with van der Waals surface area (Å²) >= 11 is 0. The van der Waals surface area contributed by atoms with Gasteiger partial charge in [0.25, 0.3) is 0 Å². The molecule has 0 radical (unpaired) electrons. The van der Waals surface area contributed by atoms with Crippen LogP contribution < -0.4 is 0 Å². The second-order valence-corrected chi connectivity index (χ2v) is 6.73. The third-order valence-electron chi connectivity index (χ3n) is 3.67. The second kappa shape index (κ2) is 7.65. The van der Waals surface area contributed by atoms with E-state index in [1.807, 2.05) is 34.6 Å². The Morgan fingerprint density at radius 2 is 1.45 bits per heavy atom.